The second-order valence-corrected chi connectivity index (χ2v) is 24.8. The van der Waals surface area contributed by atoms with E-state index in [9.17, 15) is 20.1 Å². The number of aromatic amines is 1. The number of aliphatic hydroxyl groups is 2. The van der Waals surface area contributed by atoms with Gasteiger partial charge in [-0.3, -0.25) is 9.69 Å². The van der Waals surface area contributed by atoms with E-state index < -0.39 is 8.32 Å². The predicted molar refractivity (Wildman–Crippen MR) is 297 cm³/mol. The van der Waals surface area contributed by atoms with Gasteiger partial charge in [-0.15, -0.1) is 0 Å². The van der Waals surface area contributed by atoms with Crippen LogP contribution < -0.4 is 20.3 Å². The summed E-state index contributed by atoms with van der Waals surface area (Å²) in [6.07, 6.45) is 6.73. The fourth-order valence-electron chi connectivity index (χ4n) is 8.38. The van der Waals surface area contributed by atoms with Gasteiger partial charge in [0.2, 0.25) is 5.56 Å². The predicted octanol–water partition coefficient (Wildman–Crippen LogP) is 13.9. The summed E-state index contributed by atoms with van der Waals surface area (Å²) in [5.74, 6) is 1.26. The van der Waals surface area contributed by atoms with Gasteiger partial charge in [0.1, 0.15) is 23.9 Å². The lowest BCUT2D eigenvalue weighted by Crippen LogP contribution is -2.43. The molecule has 0 amide bonds. The Morgan fingerprint density at radius 3 is 2.07 bits per heavy atom. The number of H-pyrrole nitrogens is 1. The van der Waals surface area contributed by atoms with Crippen molar-refractivity contribution in [3.63, 3.8) is 0 Å². The Kier molecular flexibility index (Phi) is 19.3. The number of aryl methyl sites for hydroxylation is 1. The summed E-state index contributed by atoms with van der Waals surface area (Å²) in [5, 5.41) is 38.0. The van der Waals surface area contributed by atoms with Gasteiger partial charge >= 0.3 is 0 Å². The highest BCUT2D eigenvalue weighted by Crippen LogP contribution is 2.42. The zero-order valence-corrected chi connectivity index (χ0v) is 44.3. The van der Waals surface area contributed by atoms with E-state index in [4.69, 9.17) is 13.9 Å². The molecule has 0 fully saturated rings. The Hall–Kier alpha value is -6.79. The molecule has 0 aliphatic heterocycles. The van der Waals surface area contributed by atoms with Crippen molar-refractivity contribution in [2.45, 2.75) is 103 Å². The van der Waals surface area contributed by atoms with Crippen LogP contribution in [0, 0.1) is 0 Å². The number of nitrogens with zero attached hydrogens (tertiary/aromatic N) is 1. The van der Waals surface area contributed by atoms with Crippen LogP contribution in [0.25, 0.3) is 10.9 Å². The molecule has 0 saturated heterocycles. The molecule has 10 nitrogen and oxygen atoms in total. The number of benzene rings is 5. The van der Waals surface area contributed by atoms with Crippen molar-refractivity contribution >= 4 is 19.2 Å². The van der Waals surface area contributed by atoms with Crippen molar-refractivity contribution in [3.8, 4) is 17.2 Å². The Labute approximate surface area is 428 Å². The first-order valence-corrected chi connectivity index (χ1v) is 28.0. The summed E-state index contributed by atoms with van der Waals surface area (Å²) in [5.41, 5.74) is 7.72. The summed E-state index contributed by atoms with van der Waals surface area (Å²) in [4.78, 5) is 17.1. The number of rotatable bonds is 26. The monoisotopic (exact) mass is 990 g/mol. The maximum absolute atomic E-state index is 12.6. The third kappa shape index (κ3) is 14.7. The Balaban J connectivity index is 1.03. The van der Waals surface area contributed by atoms with Gasteiger partial charge in [-0.1, -0.05) is 137 Å². The van der Waals surface area contributed by atoms with Crippen LogP contribution in [-0.4, -0.2) is 59.8 Å². The maximum atomic E-state index is 12.6. The molecule has 5 N–H and O–H groups in total. The molecule has 6 rings (SSSR count). The van der Waals surface area contributed by atoms with Crippen LogP contribution in [0.4, 0.5) is 0 Å². The molecular weight excluding hydrogens is 915 g/mol. The summed E-state index contributed by atoms with van der Waals surface area (Å²) in [6, 6.07) is 41.6. The van der Waals surface area contributed by atoms with E-state index in [1.54, 1.807) is 38.1 Å². The van der Waals surface area contributed by atoms with Crippen molar-refractivity contribution in [3.05, 3.63) is 219 Å². The van der Waals surface area contributed by atoms with Gasteiger partial charge < -0.3 is 39.5 Å². The zero-order valence-electron chi connectivity index (χ0n) is 43.3. The van der Waals surface area contributed by atoms with Crippen molar-refractivity contribution in [1.82, 2.24) is 15.2 Å². The molecule has 6 aromatic rings. The number of hydrogen-bond acceptors (Lipinski definition) is 9. The van der Waals surface area contributed by atoms with Crippen molar-refractivity contribution in [2.24, 2.45) is 0 Å². The van der Waals surface area contributed by atoms with E-state index in [2.05, 4.69) is 81.6 Å². The first-order valence-electron chi connectivity index (χ1n) is 25.1. The van der Waals surface area contributed by atoms with Crippen molar-refractivity contribution in [2.75, 3.05) is 26.2 Å². The van der Waals surface area contributed by atoms with E-state index in [-0.39, 0.29) is 46.7 Å². The van der Waals surface area contributed by atoms with Gasteiger partial charge in [0, 0.05) is 47.2 Å². The molecule has 72 heavy (non-hydrogen) atoms. The minimum absolute atomic E-state index is 0.00192. The number of allylic oxidation sites excluding steroid dienone is 4. The minimum atomic E-state index is -2.21. The fourth-order valence-corrected chi connectivity index (χ4v) is 9.65. The first-order chi connectivity index (χ1) is 34.5. The lowest BCUT2D eigenvalue weighted by Gasteiger charge is -2.39. The van der Waals surface area contributed by atoms with E-state index in [0.29, 0.717) is 48.6 Å². The quantitative estimate of drug-likeness (QED) is 0.0156. The van der Waals surface area contributed by atoms with Crippen molar-refractivity contribution < 1.29 is 29.2 Å². The highest BCUT2D eigenvalue weighted by Gasteiger charge is 2.40. The number of ether oxygens (including phenoxy) is 2. The number of fused-ring (bicyclic) bond motifs is 1. The Morgan fingerprint density at radius 1 is 0.764 bits per heavy atom. The molecule has 11 heteroatoms. The number of phenolic OH excluding ortho intramolecular Hbond substituents is 1. The molecule has 0 aliphatic carbocycles. The number of unbranched alkanes of at least 4 members (excludes halogenated alkanes) is 1. The lowest BCUT2D eigenvalue weighted by atomic mass is 9.86. The van der Waals surface area contributed by atoms with Crippen LogP contribution in [0.5, 0.6) is 17.2 Å². The molecule has 5 aromatic carbocycles. The standard InChI is InChI=1S/C61H75N3O7Si/c1-10-43(3)59(67)64(60(68)44(4)11-2)38-36-50(48-23-16-13-17-24-48)53-40-46(27-32-54(53)65)20-18-19-39-69-49-28-25-45(26-29-49)35-37-62-41-56(71-72(8,9)61(5,6)7)51-30-33-55(58-52(51)31-34-57(66)63-58)70-42-47-21-14-12-15-22-47/h10-17,21-34,40,50,56,62,65,67-68H,1-2,18-20,35-39,41-42H2,3-9H3,(H,63,66)/b59-43-,60-44-/t50-,56+/m1/s1. The average Bonchev–Trinajstić information content (AvgIpc) is 3.38. The molecule has 1 aromatic heterocycles. The third-order valence-corrected chi connectivity index (χ3v) is 18.3. The first kappa shape index (κ1) is 54.5. The normalized spacial score (nSPS) is 13.4. The zero-order chi connectivity index (χ0) is 51.8. The third-order valence-electron chi connectivity index (χ3n) is 13.8. The SMILES string of the molecule is C=C/C(C)=C(\O)N(CC[C@H](c1ccccc1)c1cc(CCCCOc2ccc(CCNC[C@H](O[Si](C)(C)C(C)(C)C)c3ccc(OCc4ccccc4)c4[nH]c(=O)ccc34)cc2)ccc1O)/C(O)=C(\C)C=C. The number of phenols is 1. The van der Waals surface area contributed by atoms with Crippen molar-refractivity contribution in [1.29, 1.82) is 0 Å². The number of hydrogen-bond donors (Lipinski definition) is 5. The van der Waals surface area contributed by atoms with E-state index in [1.807, 2.05) is 91.0 Å². The number of pyridine rings is 1. The molecule has 0 saturated carbocycles. The maximum Gasteiger partial charge on any atom is 0.248 e. The smallest absolute Gasteiger partial charge is 0.248 e. The van der Waals surface area contributed by atoms with Crippen LogP contribution in [0.1, 0.15) is 99.3 Å². The van der Waals surface area contributed by atoms with E-state index in [0.717, 1.165) is 71.2 Å². The number of nitrogens with one attached hydrogen (secondary N) is 2. The van der Waals surface area contributed by atoms with Gasteiger partial charge in [-0.25, -0.2) is 0 Å². The fraction of sp³-hybridized carbons (Fsp3) is 0.328. The Morgan fingerprint density at radius 2 is 1.42 bits per heavy atom. The number of aromatic nitrogens is 1. The largest absolute Gasteiger partial charge is 0.508 e. The lowest BCUT2D eigenvalue weighted by molar-refractivity contribution is 0.155. The molecule has 0 unspecified atom stereocenters. The molecule has 380 valence electrons. The van der Waals surface area contributed by atoms with E-state index in [1.165, 1.54) is 10.5 Å². The summed E-state index contributed by atoms with van der Waals surface area (Å²) in [6.45, 7) is 24.9. The molecule has 0 spiro atoms. The molecule has 0 aliphatic rings. The highest BCUT2D eigenvalue weighted by atomic mass is 28.4. The summed E-state index contributed by atoms with van der Waals surface area (Å²) >= 11 is 0. The molecule has 0 bridgehead atoms. The van der Waals surface area contributed by atoms with Crippen LogP contribution >= 0.6 is 0 Å². The second kappa shape index (κ2) is 25.5. The van der Waals surface area contributed by atoms with Crippen LogP contribution in [0.15, 0.2) is 180 Å². The Bertz CT molecular complexity index is 2820. The van der Waals surface area contributed by atoms with Crippen LogP contribution in [0.2, 0.25) is 18.1 Å². The summed E-state index contributed by atoms with van der Waals surface area (Å²) < 4.78 is 19.6. The van der Waals surface area contributed by atoms with E-state index >= 15 is 0 Å². The number of aliphatic hydroxyl groups excluding tert-OH is 2. The summed E-state index contributed by atoms with van der Waals surface area (Å²) in [7, 11) is -2.21. The molecule has 2 atom stereocenters. The van der Waals surface area contributed by atoms with Gasteiger partial charge in [-0.05, 0) is 129 Å². The van der Waals surface area contributed by atoms with Gasteiger partial charge in [0.25, 0.3) is 0 Å². The highest BCUT2D eigenvalue weighted by molar-refractivity contribution is 6.74. The van der Waals surface area contributed by atoms with Crippen LogP contribution in [0.3, 0.4) is 0 Å². The van der Waals surface area contributed by atoms with Crippen LogP contribution in [-0.2, 0) is 23.9 Å². The molecular formula is C61H75N3O7Si. The number of aromatic hydroxyl groups is 1. The molecule has 1 heterocycles. The second-order valence-electron chi connectivity index (χ2n) is 20.0. The topological polar surface area (TPSA) is 137 Å². The van der Waals surface area contributed by atoms with Gasteiger partial charge in [0.15, 0.2) is 20.1 Å². The minimum Gasteiger partial charge on any atom is -0.508 e. The van der Waals surface area contributed by atoms with Gasteiger partial charge in [-0.2, -0.15) is 0 Å². The average molecular weight is 990 g/mol. The molecule has 0 radical (unpaired) electrons. The van der Waals surface area contributed by atoms with Gasteiger partial charge in [0.05, 0.1) is 18.2 Å².